The summed E-state index contributed by atoms with van der Waals surface area (Å²) in [5.41, 5.74) is 3.81. The van der Waals surface area contributed by atoms with E-state index in [1.54, 1.807) is 17.0 Å². The summed E-state index contributed by atoms with van der Waals surface area (Å²) in [6.07, 6.45) is 0.942. The number of guanidine groups is 1. The molecule has 3 rings (SSSR count). The van der Waals surface area contributed by atoms with Gasteiger partial charge in [0.2, 0.25) is 5.91 Å². The second-order valence-electron chi connectivity index (χ2n) is 7.90. The van der Waals surface area contributed by atoms with Crippen molar-refractivity contribution in [2.24, 2.45) is 4.99 Å². The highest BCUT2D eigenvalue weighted by Crippen LogP contribution is 2.10. The lowest BCUT2D eigenvalue weighted by Gasteiger charge is -2.26. The molecule has 1 aromatic heterocycles. The van der Waals surface area contributed by atoms with Crippen LogP contribution in [0.4, 0.5) is 0 Å². The van der Waals surface area contributed by atoms with Gasteiger partial charge in [0.15, 0.2) is 5.96 Å². The predicted molar refractivity (Wildman–Crippen MR) is 140 cm³/mol. The number of nitrogens with one attached hydrogen (secondary N) is 3. The SMILES string of the molecule is CCNC(=NCc1ccc(C(=O)N2CCNC(=O)C2)cc1)NCCCn1nc(C)cc1C.I. The molecule has 1 aliphatic rings. The first-order valence-corrected chi connectivity index (χ1v) is 11.1. The Morgan fingerprint density at radius 1 is 1.21 bits per heavy atom. The smallest absolute Gasteiger partial charge is 0.254 e. The van der Waals surface area contributed by atoms with Gasteiger partial charge in [-0.05, 0) is 51.0 Å². The van der Waals surface area contributed by atoms with E-state index in [4.69, 9.17) is 0 Å². The maximum Gasteiger partial charge on any atom is 0.254 e. The molecule has 1 aliphatic heterocycles. The van der Waals surface area contributed by atoms with Crippen molar-refractivity contribution in [3.63, 3.8) is 0 Å². The van der Waals surface area contributed by atoms with E-state index in [1.807, 2.05) is 30.7 Å². The molecule has 0 spiro atoms. The van der Waals surface area contributed by atoms with Crippen molar-refractivity contribution in [2.45, 2.75) is 40.3 Å². The van der Waals surface area contributed by atoms with E-state index in [0.29, 0.717) is 25.2 Å². The predicted octanol–water partition coefficient (Wildman–Crippen LogP) is 1.84. The Hall–Kier alpha value is -2.63. The van der Waals surface area contributed by atoms with Gasteiger partial charge in [-0.15, -0.1) is 24.0 Å². The molecule has 3 N–H and O–H groups in total. The number of aromatic nitrogens is 2. The van der Waals surface area contributed by atoms with Gasteiger partial charge in [-0.1, -0.05) is 12.1 Å². The first-order valence-electron chi connectivity index (χ1n) is 11.1. The monoisotopic (exact) mass is 567 g/mol. The van der Waals surface area contributed by atoms with Crippen LogP contribution < -0.4 is 16.0 Å². The number of piperazine rings is 1. The van der Waals surface area contributed by atoms with Crippen LogP contribution in [0.15, 0.2) is 35.3 Å². The molecule has 2 aromatic rings. The number of aliphatic imine (C=N–C) groups is 1. The number of nitrogens with zero attached hydrogens (tertiary/aromatic N) is 4. The number of rotatable bonds is 8. The van der Waals surface area contributed by atoms with Crippen LogP contribution in [0.3, 0.4) is 0 Å². The maximum atomic E-state index is 12.6. The van der Waals surface area contributed by atoms with E-state index < -0.39 is 0 Å². The summed E-state index contributed by atoms with van der Waals surface area (Å²) in [5, 5.41) is 13.8. The van der Waals surface area contributed by atoms with E-state index >= 15 is 0 Å². The maximum absolute atomic E-state index is 12.6. The van der Waals surface area contributed by atoms with Crippen LogP contribution >= 0.6 is 24.0 Å². The quantitative estimate of drug-likeness (QED) is 0.196. The fourth-order valence-corrected chi connectivity index (χ4v) is 3.60. The van der Waals surface area contributed by atoms with Gasteiger partial charge in [0.25, 0.3) is 5.91 Å². The number of amides is 2. The number of halogens is 1. The Morgan fingerprint density at radius 3 is 2.61 bits per heavy atom. The highest BCUT2D eigenvalue weighted by atomic mass is 127. The molecular weight excluding hydrogens is 533 g/mol. The average Bonchev–Trinajstić information content (AvgIpc) is 3.11. The van der Waals surface area contributed by atoms with Crippen LogP contribution in [-0.2, 0) is 17.9 Å². The van der Waals surface area contributed by atoms with E-state index in [0.717, 1.165) is 43.3 Å². The molecule has 2 amide bonds. The lowest BCUT2D eigenvalue weighted by Crippen LogP contribution is -2.49. The first kappa shape index (κ1) is 26.6. The second-order valence-corrected chi connectivity index (χ2v) is 7.90. The zero-order valence-electron chi connectivity index (χ0n) is 19.6. The summed E-state index contributed by atoms with van der Waals surface area (Å²) < 4.78 is 2.03. The van der Waals surface area contributed by atoms with E-state index in [9.17, 15) is 9.59 Å². The highest BCUT2D eigenvalue weighted by Gasteiger charge is 2.22. The Labute approximate surface area is 212 Å². The molecule has 0 saturated carbocycles. The number of carbonyl (C=O) groups excluding carboxylic acids is 2. The summed E-state index contributed by atoms with van der Waals surface area (Å²) in [5.74, 6) is 0.529. The molecule has 0 aliphatic carbocycles. The standard InChI is InChI=1S/C23H33N7O2.HI/c1-4-24-23(26-10-5-12-30-18(3)14-17(2)28-30)27-15-19-6-8-20(9-7-19)22(32)29-13-11-25-21(31)16-29;/h6-9,14H,4-5,10-13,15-16H2,1-3H3,(H,25,31)(H2,24,26,27);1H. The molecule has 10 heteroatoms. The molecular formula is C23H34IN7O2. The molecule has 1 saturated heterocycles. The van der Waals surface area contributed by atoms with Crippen molar-refractivity contribution in [3.05, 3.63) is 52.8 Å². The number of hydrogen-bond acceptors (Lipinski definition) is 4. The molecule has 0 atom stereocenters. The van der Waals surface area contributed by atoms with Crippen molar-refractivity contribution in [1.29, 1.82) is 0 Å². The number of hydrogen-bond donors (Lipinski definition) is 3. The molecule has 9 nitrogen and oxygen atoms in total. The minimum atomic E-state index is -0.118. The zero-order valence-corrected chi connectivity index (χ0v) is 21.9. The Balaban J connectivity index is 0.00000385. The molecule has 2 heterocycles. The van der Waals surface area contributed by atoms with E-state index in [-0.39, 0.29) is 42.3 Å². The van der Waals surface area contributed by atoms with Crippen LogP contribution in [0.1, 0.15) is 40.7 Å². The van der Waals surface area contributed by atoms with Gasteiger partial charge in [0.1, 0.15) is 0 Å². The molecule has 0 bridgehead atoms. The summed E-state index contributed by atoms with van der Waals surface area (Å²) in [6.45, 7) is 10.2. The number of aryl methyl sites for hydroxylation is 3. The minimum absolute atomic E-state index is 0. The van der Waals surface area contributed by atoms with Gasteiger partial charge < -0.3 is 20.9 Å². The molecule has 33 heavy (non-hydrogen) atoms. The van der Waals surface area contributed by atoms with Crippen LogP contribution in [0.25, 0.3) is 0 Å². The molecule has 180 valence electrons. The first-order chi connectivity index (χ1) is 15.5. The molecule has 1 fully saturated rings. The van der Waals surface area contributed by atoms with Gasteiger partial charge in [0, 0.05) is 44.0 Å². The second kappa shape index (κ2) is 13.2. The fourth-order valence-electron chi connectivity index (χ4n) is 3.60. The molecule has 1 aromatic carbocycles. The van der Waals surface area contributed by atoms with Crippen molar-refractivity contribution in [2.75, 3.05) is 32.7 Å². The number of carbonyl (C=O) groups is 2. The van der Waals surface area contributed by atoms with Crippen molar-refractivity contribution in [1.82, 2.24) is 30.6 Å². The molecule has 0 radical (unpaired) electrons. The summed E-state index contributed by atoms with van der Waals surface area (Å²) in [6, 6.07) is 9.50. The topological polar surface area (TPSA) is 104 Å². The largest absolute Gasteiger partial charge is 0.357 e. The Kier molecular flexibility index (Phi) is 10.6. The van der Waals surface area contributed by atoms with Gasteiger partial charge in [-0.25, -0.2) is 4.99 Å². The lowest BCUT2D eigenvalue weighted by molar-refractivity contribution is -0.123. The van der Waals surface area contributed by atoms with Gasteiger partial charge in [-0.2, -0.15) is 5.10 Å². The Bertz CT molecular complexity index is 956. The summed E-state index contributed by atoms with van der Waals surface area (Å²) in [4.78, 5) is 30.3. The normalized spacial score (nSPS) is 13.8. The third-order valence-electron chi connectivity index (χ3n) is 5.23. The summed E-state index contributed by atoms with van der Waals surface area (Å²) >= 11 is 0. The zero-order chi connectivity index (χ0) is 22.9. The van der Waals surface area contributed by atoms with Gasteiger partial charge in [-0.3, -0.25) is 14.3 Å². The lowest BCUT2D eigenvalue weighted by atomic mass is 10.1. The van der Waals surface area contributed by atoms with Crippen molar-refractivity contribution >= 4 is 41.8 Å². The van der Waals surface area contributed by atoms with Crippen LogP contribution in [0.5, 0.6) is 0 Å². The average molecular weight is 567 g/mol. The molecule has 0 unspecified atom stereocenters. The van der Waals surface area contributed by atoms with Crippen LogP contribution in [0, 0.1) is 13.8 Å². The fraction of sp³-hybridized carbons (Fsp3) is 0.478. The van der Waals surface area contributed by atoms with E-state index in [1.165, 1.54) is 5.69 Å². The van der Waals surface area contributed by atoms with Gasteiger partial charge in [0.05, 0.1) is 18.8 Å². The van der Waals surface area contributed by atoms with Crippen LogP contribution in [-0.4, -0.2) is 65.2 Å². The third-order valence-corrected chi connectivity index (χ3v) is 5.23. The van der Waals surface area contributed by atoms with Gasteiger partial charge >= 0.3 is 0 Å². The van der Waals surface area contributed by atoms with Crippen LogP contribution in [0.2, 0.25) is 0 Å². The summed E-state index contributed by atoms with van der Waals surface area (Å²) in [7, 11) is 0. The number of benzene rings is 1. The Morgan fingerprint density at radius 2 is 1.97 bits per heavy atom. The van der Waals surface area contributed by atoms with Crippen molar-refractivity contribution < 1.29 is 9.59 Å². The minimum Gasteiger partial charge on any atom is -0.357 e. The van der Waals surface area contributed by atoms with Crippen molar-refractivity contribution in [3.8, 4) is 0 Å². The third kappa shape index (κ3) is 8.02. The highest BCUT2D eigenvalue weighted by molar-refractivity contribution is 14.0. The van der Waals surface area contributed by atoms with E-state index in [2.05, 4.69) is 39.0 Å².